The maximum absolute atomic E-state index is 12.5. The number of rotatable bonds is 4. The van der Waals surface area contributed by atoms with Crippen LogP contribution in [0.25, 0.3) is 0 Å². The van der Waals surface area contributed by atoms with Crippen LogP contribution >= 0.6 is 15.9 Å². The summed E-state index contributed by atoms with van der Waals surface area (Å²) in [6.45, 7) is 1.93. The molecule has 94 valence electrons. The molecular weight excluding hydrogens is 298 g/mol. The third-order valence-electron chi connectivity index (χ3n) is 2.01. The van der Waals surface area contributed by atoms with Crippen molar-refractivity contribution < 1.29 is 18.3 Å². The van der Waals surface area contributed by atoms with Crippen molar-refractivity contribution in [3.05, 3.63) is 21.9 Å². The number of aromatic nitrogens is 1. The molecule has 0 aliphatic rings. The van der Waals surface area contributed by atoms with Gasteiger partial charge in [-0.2, -0.15) is 0 Å². The Morgan fingerprint density at radius 3 is 2.82 bits per heavy atom. The van der Waals surface area contributed by atoms with Crippen molar-refractivity contribution in [1.82, 2.24) is 4.98 Å². The van der Waals surface area contributed by atoms with E-state index < -0.39 is 18.1 Å². The van der Waals surface area contributed by atoms with Gasteiger partial charge in [0.25, 0.3) is 6.43 Å². The first kappa shape index (κ1) is 13.8. The number of anilines is 1. The van der Waals surface area contributed by atoms with Crippen LogP contribution in [0.5, 0.6) is 0 Å². The van der Waals surface area contributed by atoms with Crippen LogP contribution in [0.1, 0.15) is 24.6 Å². The van der Waals surface area contributed by atoms with Crippen LogP contribution in [0.2, 0.25) is 0 Å². The van der Waals surface area contributed by atoms with Crippen molar-refractivity contribution >= 4 is 27.6 Å². The molecule has 0 saturated heterocycles. The van der Waals surface area contributed by atoms with E-state index in [0.29, 0.717) is 5.56 Å². The van der Waals surface area contributed by atoms with E-state index in [4.69, 9.17) is 10.5 Å². The topological polar surface area (TPSA) is 65.2 Å². The third-order valence-corrected chi connectivity index (χ3v) is 2.85. The number of alkyl halides is 2. The summed E-state index contributed by atoms with van der Waals surface area (Å²) in [5.74, 6) is -0.474. The van der Waals surface area contributed by atoms with Crippen molar-refractivity contribution in [3.63, 3.8) is 0 Å². The predicted octanol–water partition coefficient (Wildman–Crippen LogP) is 2.47. The average molecular weight is 309 g/mol. The highest BCUT2D eigenvalue weighted by molar-refractivity contribution is 9.10. The highest BCUT2D eigenvalue weighted by atomic mass is 79.9. The molecule has 0 bridgehead atoms. The van der Waals surface area contributed by atoms with Gasteiger partial charge in [-0.3, -0.25) is 9.78 Å². The number of hydrogen-bond donors (Lipinski definition) is 1. The van der Waals surface area contributed by atoms with Gasteiger partial charge < -0.3 is 10.5 Å². The Kier molecular flexibility index (Phi) is 4.80. The number of esters is 1. The molecule has 0 amide bonds. The smallest absolute Gasteiger partial charge is 0.310 e. The number of nitrogens with zero attached hydrogens (tertiary/aromatic N) is 1. The zero-order valence-electron chi connectivity index (χ0n) is 9.04. The molecule has 4 nitrogen and oxygen atoms in total. The number of ether oxygens (including phenoxy) is 1. The van der Waals surface area contributed by atoms with Gasteiger partial charge >= 0.3 is 5.97 Å². The molecule has 0 saturated carbocycles. The third kappa shape index (κ3) is 3.36. The lowest BCUT2D eigenvalue weighted by molar-refractivity contribution is -0.142. The lowest BCUT2D eigenvalue weighted by Crippen LogP contribution is -2.11. The van der Waals surface area contributed by atoms with Crippen LogP contribution in [0.3, 0.4) is 0 Å². The zero-order valence-corrected chi connectivity index (χ0v) is 10.6. The lowest BCUT2D eigenvalue weighted by Gasteiger charge is -2.10. The summed E-state index contributed by atoms with van der Waals surface area (Å²) in [7, 11) is 0. The second-order valence-corrected chi connectivity index (χ2v) is 3.97. The van der Waals surface area contributed by atoms with Gasteiger partial charge in [-0.05, 0) is 22.9 Å². The van der Waals surface area contributed by atoms with Crippen LogP contribution in [0.15, 0.2) is 10.7 Å². The molecule has 1 aromatic rings. The summed E-state index contributed by atoms with van der Waals surface area (Å²) < 4.78 is 29.7. The first-order valence-corrected chi connectivity index (χ1v) is 5.63. The normalized spacial score (nSPS) is 10.6. The molecule has 17 heavy (non-hydrogen) atoms. The monoisotopic (exact) mass is 308 g/mol. The minimum Gasteiger partial charge on any atom is -0.466 e. The SMILES string of the molecule is CCOC(=O)Cc1cnc(C(F)F)c(Br)c1N. The molecule has 0 atom stereocenters. The van der Waals surface area contributed by atoms with E-state index in [0.717, 1.165) is 0 Å². The average Bonchev–Trinajstić information content (AvgIpc) is 2.25. The Morgan fingerprint density at radius 2 is 2.29 bits per heavy atom. The number of nitrogens with two attached hydrogens (primary N) is 1. The molecule has 2 N–H and O–H groups in total. The first-order valence-electron chi connectivity index (χ1n) is 4.83. The van der Waals surface area contributed by atoms with Gasteiger partial charge in [0.1, 0.15) is 5.69 Å². The number of halogens is 3. The maximum Gasteiger partial charge on any atom is 0.310 e. The second-order valence-electron chi connectivity index (χ2n) is 3.18. The fourth-order valence-corrected chi connectivity index (χ4v) is 1.74. The molecule has 1 rings (SSSR count). The van der Waals surface area contributed by atoms with Gasteiger partial charge in [0.05, 0.1) is 23.2 Å². The first-order chi connectivity index (χ1) is 7.97. The van der Waals surface area contributed by atoms with Crippen LogP contribution in [-0.2, 0) is 16.0 Å². The maximum atomic E-state index is 12.5. The van der Waals surface area contributed by atoms with E-state index in [9.17, 15) is 13.6 Å². The standard InChI is InChI=1S/C10H11BrF2N2O2/c1-2-17-6(16)3-5-4-15-9(10(12)13)7(11)8(5)14/h4,10H,2-3H2,1H3,(H2,14,15). The Balaban J connectivity index is 2.96. The Bertz CT molecular complexity index is 427. The van der Waals surface area contributed by atoms with Gasteiger partial charge in [0.15, 0.2) is 0 Å². The summed E-state index contributed by atoms with van der Waals surface area (Å²) in [5, 5.41) is 0. The lowest BCUT2D eigenvalue weighted by atomic mass is 10.1. The van der Waals surface area contributed by atoms with Crippen molar-refractivity contribution in [2.24, 2.45) is 0 Å². The van der Waals surface area contributed by atoms with E-state index in [1.54, 1.807) is 6.92 Å². The minimum absolute atomic E-state index is 0.0225. The van der Waals surface area contributed by atoms with E-state index in [1.807, 2.05) is 0 Å². The molecule has 7 heteroatoms. The molecule has 0 spiro atoms. The zero-order chi connectivity index (χ0) is 13.0. The van der Waals surface area contributed by atoms with Crippen molar-refractivity contribution in [1.29, 1.82) is 0 Å². The quantitative estimate of drug-likeness (QED) is 0.868. The van der Waals surface area contributed by atoms with Crippen LogP contribution in [-0.4, -0.2) is 17.6 Å². The van der Waals surface area contributed by atoms with Gasteiger partial charge in [-0.25, -0.2) is 8.78 Å². The molecular formula is C10H11BrF2N2O2. The van der Waals surface area contributed by atoms with Gasteiger partial charge in [0.2, 0.25) is 0 Å². The summed E-state index contributed by atoms with van der Waals surface area (Å²) in [6.07, 6.45) is -1.64. The number of hydrogen-bond acceptors (Lipinski definition) is 4. The number of carbonyl (C=O) groups excluding carboxylic acids is 1. The molecule has 1 heterocycles. The van der Waals surface area contributed by atoms with Gasteiger partial charge in [-0.1, -0.05) is 0 Å². The van der Waals surface area contributed by atoms with E-state index >= 15 is 0 Å². The molecule has 0 aromatic carbocycles. The Hall–Kier alpha value is -1.24. The molecule has 1 aromatic heterocycles. The summed E-state index contributed by atoms with van der Waals surface area (Å²) >= 11 is 2.94. The van der Waals surface area contributed by atoms with E-state index in [-0.39, 0.29) is 23.2 Å². The van der Waals surface area contributed by atoms with Crippen molar-refractivity contribution in [2.45, 2.75) is 19.8 Å². The fourth-order valence-electron chi connectivity index (χ4n) is 1.21. The predicted molar refractivity (Wildman–Crippen MR) is 61.6 cm³/mol. The second kappa shape index (κ2) is 5.90. The van der Waals surface area contributed by atoms with Gasteiger partial charge in [-0.15, -0.1) is 0 Å². The van der Waals surface area contributed by atoms with Crippen molar-refractivity contribution in [3.8, 4) is 0 Å². The molecule has 0 fully saturated rings. The van der Waals surface area contributed by atoms with Gasteiger partial charge in [0, 0.05) is 11.8 Å². The molecule has 0 unspecified atom stereocenters. The number of nitrogen functional groups attached to an aromatic ring is 1. The largest absolute Gasteiger partial charge is 0.466 e. The summed E-state index contributed by atoms with van der Waals surface area (Å²) in [6, 6.07) is 0. The van der Waals surface area contributed by atoms with Crippen LogP contribution in [0, 0.1) is 0 Å². The van der Waals surface area contributed by atoms with E-state index in [1.165, 1.54) is 6.20 Å². The van der Waals surface area contributed by atoms with E-state index in [2.05, 4.69) is 20.9 Å². The van der Waals surface area contributed by atoms with Crippen molar-refractivity contribution in [2.75, 3.05) is 12.3 Å². The highest BCUT2D eigenvalue weighted by Gasteiger charge is 2.19. The highest BCUT2D eigenvalue weighted by Crippen LogP contribution is 2.32. The molecule has 0 aliphatic carbocycles. The number of carbonyl (C=O) groups is 1. The Labute approximate surface area is 105 Å². The summed E-state index contributed by atoms with van der Waals surface area (Å²) in [4.78, 5) is 14.8. The fraction of sp³-hybridized carbons (Fsp3) is 0.400. The summed E-state index contributed by atoms with van der Waals surface area (Å²) in [5.41, 5.74) is 5.65. The Morgan fingerprint density at radius 1 is 1.65 bits per heavy atom. The molecule has 0 aliphatic heterocycles. The van der Waals surface area contributed by atoms with Crippen LogP contribution in [0.4, 0.5) is 14.5 Å². The minimum atomic E-state index is -2.72. The molecule has 0 radical (unpaired) electrons. The van der Waals surface area contributed by atoms with Crippen LogP contribution < -0.4 is 5.73 Å². The number of pyridine rings is 1.